The van der Waals surface area contributed by atoms with Gasteiger partial charge < -0.3 is 4.90 Å². The maximum atomic E-state index is 6.18. The van der Waals surface area contributed by atoms with Crippen molar-refractivity contribution >= 4 is 39.0 Å². The molecule has 1 aromatic carbocycles. The minimum absolute atomic E-state index is 0.628. The molecule has 0 N–H and O–H groups in total. The van der Waals surface area contributed by atoms with Gasteiger partial charge >= 0.3 is 0 Å². The molecule has 2 rings (SSSR count). The predicted molar refractivity (Wildman–Crippen MR) is 76.2 cm³/mol. The van der Waals surface area contributed by atoms with Crippen molar-refractivity contribution in [3.63, 3.8) is 0 Å². The van der Waals surface area contributed by atoms with Crippen molar-refractivity contribution in [2.75, 3.05) is 11.9 Å². The molecular formula is C13H12BrClN2. The van der Waals surface area contributed by atoms with Gasteiger partial charge in [-0.15, -0.1) is 0 Å². The monoisotopic (exact) mass is 310 g/mol. The maximum Gasteiger partial charge on any atom is 0.151 e. The van der Waals surface area contributed by atoms with E-state index in [2.05, 4.69) is 40.0 Å². The van der Waals surface area contributed by atoms with Crippen LogP contribution in [0.15, 0.2) is 41.0 Å². The third-order valence-corrected chi connectivity index (χ3v) is 3.21. The Kier molecular flexibility index (Phi) is 3.69. The fourth-order valence-electron chi connectivity index (χ4n) is 1.61. The van der Waals surface area contributed by atoms with Crippen LogP contribution >= 0.6 is 27.5 Å². The topological polar surface area (TPSA) is 16.1 Å². The molecule has 4 heteroatoms. The molecule has 0 aliphatic heterocycles. The normalized spacial score (nSPS) is 10.4. The van der Waals surface area contributed by atoms with Crippen LogP contribution in [0, 0.1) is 6.92 Å². The number of benzene rings is 1. The van der Waals surface area contributed by atoms with Gasteiger partial charge in [-0.25, -0.2) is 4.98 Å². The quantitative estimate of drug-likeness (QED) is 0.807. The van der Waals surface area contributed by atoms with Gasteiger partial charge in [-0.3, -0.25) is 0 Å². The largest absolute Gasteiger partial charge is 0.328 e. The summed E-state index contributed by atoms with van der Waals surface area (Å²) in [5, 5.41) is 0.628. The number of hydrogen-bond donors (Lipinski definition) is 0. The number of hydrogen-bond acceptors (Lipinski definition) is 2. The van der Waals surface area contributed by atoms with Crippen molar-refractivity contribution in [1.29, 1.82) is 0 Å². The van der Waals surface area contributed by atoms with Gasteiger partial charge in [0, 0.05) is 23.4 Å². The van der Waals surface area contributed by atoms with E-state index in [4.69, 9.17) is 11.6 Å². The Hall–Kier alpha value is -1.06. The van der Waals surface area contributed by atoms with Crippen LogP contribution in [0.4, 0.5) is 11.5 Å². The molecule has 0 unspecified atom stereocenters. The first-order chi connectivity index (χ1) is 8.08. The van der Waals surface area contributed by atoms with E-state index in [1.165, 1.54) is 5.56 Å². The van der Waals surface area contributed by atoms with Crippen molar-refractivity contribution < 1.29 is 0 Å². The average Bonchev–Trinajstić information content (AvgIpc) is 2.28. The lowest BCUT2D eigenvalue weighted by Crippen LogP contribution is -2.11. The molecule has 17 heavy (non-hydrogen) atoms. The molecule has 1 heterocycles. The van der Waals surface area contributed by atoms with E-state index in [0.29, 0.717) is 5.02 Å². The van der Waals surface area contributed by atoms with Crippen LogP contribution in [0.5, 0.6) is 0 Å². The molecule has 0 aliphatic carbocycles. The molecule has 2 aromatic rings. The summed E-state index contributed by atoms with van der Waals surface area (Å²) in [6.07, 6.45) is 1.74. The number of pyridine rings is 1. The summed E-state index contributed by atoms with van der Waals surface area (Å²) < 4.78 is 0.879. The summed E-state index contributed by atoms with van der Waals surface area (Å²) in [6.45, 7) is 2.06. The molecule has 0 bridgehead atoms. The van der Waals surface area contributed by atoms with Crippen LogP contribution < -0.4 is 4.90 Å². The van der Waals surface area contributed by atoms with Crippen molar-refractivity contribution in [2.45, 2.75) is 6.92 Å². The van der Waals surface area contributed by atoms with Crippen molar-refractivity contribution in [3.05, 3.63) is 51.6 Å². The highest BCUT2D eigenvalue weighted by Crippen LogP contribution is 2.30. The Balaban J connectivity index is 2.40. The Labute approximate surface area is 114 Å². The highest BCUT2D eigenvalue weighted by molar-refractivity contribution is 9.10. The zero-order valence-corrected chi connectivity index (χ0v) is 12.0. The van der Waals surface area contributed by atoms with E-state index in [0.717, 1.165) is 16.0 Å². The number of rotatable bonds is 2. The van der Waals surface area contributed by atoms with Crippen LogP contribution in [-0.2, 0) is 0 Å². The van der Waals surface area contributed by atoms with Crippen LogP contribution in [0.25, 0.3) is 0 Å². The predicted octanol–water partition coefficient (Wildman–Crippen LogP) is 4.57. The molecule has 0 fully saturated rings. The summed E-state index contributed by atoms with van der Waals surface area (Å²) in [7, 11) is 1.96. The van der Waals surface area contributed by atoms with E-state index in [1.54, 1.807) is 6.20 Å². The highest BCUT2D eigenvalue weighted by Gasteiger charge is 2.10. The highest BCUT2D eigenvalue weighted by atomic mass is 79.9. The van der Waals surface area contributed by atoms with Gasteiger partial charge in [-0.1, -0.05) is 23.7 Å². The van der Waals surface area contributed by atoms with Crippen LogP contribution in [-0.4, -0.2) is 12.0 Å². The summed E-state index contributed by atoms with van der Waals surface area (Å²) >= 11 is 9.53. The lowest BCUT2D eigenvalue weighted by atomic mass is 10.2. The number of nitrogens with zero attached hydrogens (tertiary/aromatic N) is 2. The van der Waals surface area contributed by atoms with Crippen molar-refractivity contribution in [3.8, 4) is 0 Å². The molecule has 0 saturated carbocycles. The van der Waals surface area contributed by atoms with E-state index in [-0.39, 0.29) is 0 Å². The maximum absolute atomic E-state index is 6.18. The second-order valence-corrected chi connectivity index (χ2v) is 5.18. The van der Waals surface area contributed by atoms with E-state index >= 15 is 0 Å². The minimum atomic E-state index is 0.628. The second-order valence-electron chi connectivity index (χ2n) is 3.86. The fraction of sp³-hybridized carbons (Fsp3) is 0.154. The molecule has 0 aliphatic rings. The molecular weight excluding hydrogens is 300 g/mol. The van der Waals surface area contributed by atoms with Gasteiger partial charge in [0.15, 0.2) is 5.82 Å². The summed E-state index contributed by atoms with van der Waals surface area (Å²) in [6, 6.07) is 10.1. The first-order valence-electron chi connectivity index (χ1n) is 5.19. The Bertz CT molecular complexity index is 543. The summed E-state index contributed by atoms with van der Waals surface area (Å²) in [5.74, 6) is 0.750. The van der Waals surface area contributed by atoms with E-state index in [1.807, 2.05) is 30.1 Å². The molecule has 0 amide bonds. The lowest BCUT2D eigenvalue weighted by molar-refractivity contribution is 1.12. The SMILES string of the molecule is Cc1cccc(N(C)c2ncc(Br)cc2Cl)c1. The Morgan fingerprint density at radius 1 is 1.29 bits per heavy atom. The van der Waals surface area contributed by atoms with Gasteiger partial charge in [-0.2, -0.15) is 0 Å². The smallest absolute Gasteiger partial charge is 0.151 e. The second kappa shape index (κ2) is 5.07. The zero-order valence-electron chi connectivity index (χ0n) is 9.61. The van der Waals surface area contributed by atoms with Gasteiger partial charge in [0.25, 0.3) is 0 Å². The van der Waals surface area contributed by atoms with Crippen molar-refractivity contribution in [2.24, 2.45) is 0 Å². The van der Waals surface area contributed by atoms with Gasteiger partial charge in [-0.05, 0) is 46.6 Å². The molecule has 1 aromatic heterocycles. The first kappa shape index (κ1) is 12.4. The number of aromatic nitrogens is 1. The van der Waals surface area contributed by atoms with E-state index in [9.17, 15) is 0 Å². The fourth-order valence-corrected chi connectivity index (χ4v) is 2.37. The average molecular weight is 312 g/mol. The molecule has 2 nitrogen and oxygen atoms in total. The Morgan fingerprint density at radius 2 is 2.06 bits per heavy atom. The van der Waals surface area contributed by atoms with E-state index < -0.39 is 0 Å². The number of aryl methyl sites for hydroxylation is 1. The van der Waals surface area contributed by atoms with Crippen LogP contribution in [0.2, 0.25) is 5.02 Å². The van der Waals surface area contributed by atoms with Gasteiger partial charge in [0.1, 0.15) is 0 Å². The third-order valence-electron chi connectivity index (χ3n) is 2.50. The number of anilines is 2. The molecule has 88 valence electrons. The molecule has 0 saturated heterocycles. The Morgan fingerprint density at radius 3 is 2.71 bits per heavy atom. The van der Waals surface area contributed by atoms with Gasteiger partial charge in [0.2, 0.25) is 0 Å². The standard InChI is InChI=1S/C13H12BrClN2/c1-9-4-3-5-11(6-9)17(2)13-12(15)7-10(14)8-16-13/h3-8H,1-2H3. The third kappa shape index (κ3) is 2.79. The molecule has 0 spiro atoms. The van der Waals surface area contributed by atoms with Crippen LogP contribution in [0.3, 0.4) is 0 Å². The zero-order chi connectivity index (χ0) is 12.4. The molecule has 0 radical (unpaired) electrons. The van der Waals surface area contributed by atoms with Gasteiger partial charge in [0.05, 0.1) is 5.02 Å². The first-order valence-corrected chi connectivity index (χ1v) is 6.36. The number of halogens is 2. The van der Waals surface area contributed by atoms with Crippen LogP contribution in [0.1, 0.15) is 5.56 Å². The molecule has 0 atom stereocenters. The minimum Gasteiger partial charge on any atom is -0.328 e. The van der Waals surface area contributed by atoms with Crippen molar-refractivity contribution in [1.82, 2.24) is 4.98 Å². The lowest BCUT2D eigenvalue weighted by Gasteiger charge is -2.19. The summed E-state index contributed by atoms with van der Waals surface area (Å²) in [5.41, 5.74) is 2.28. The summed E-state index contributed by atoms with van der Waals surface area (Å²) in [4.78, 5) is 6.30.